The molecular formula is C12H11F2NO3. The van der Waals surface area contributed by atoms with Crippen LogP contribution < -0.4 is 0 Å². The smallest absolute Gasteiger partial charge is 0.326 e. The molecule has 1 saturated heterocycles. The van der Waals surface area contributed by atoms with E-state index in [0.717, 1.165) is 17.0 Å². The van der Waals surface area contributed by atoms with E-state index in [9.17, 15) is 18.4 Å². The largest absolute Gasteiger partial charge is 0.480 e. The zero-order valence-electron chi connectivity index (χ0n) is 9.40. The number of aliphatic carboxylic acids is 1. The standard InChI is InChI=1S/C12H11F2NO3/c13-8-2-1-3-9(14)7(8)6-15-10(12(17)18)4-5-11(15)16/h1-3,10H,4-6H2,(H,17,18). The minimum absolute atomic E-state index is 0.0903. The highest BCUT2D eigenvalue weighted by molar-refractivity contribution is 5.87. The van der Waals surface area contributed by atoms with Gasteiger partial charge in [-0.15, -0.1) is 0 Å². The molecule has 1 atom stereocenters. The number of amides is 1. The fourth-order valence-electron chi connectivity index (χ4n) is 2.04. The van der Waals surface area contributed by atoms with Gasteiger partial charge in [0.1, 0.15) is 17.7 Å². The van der Waals surface area contributed by atoms with E-state index in [-0.39, 0.29) is 24.9 Å². The van der Waals surface area contributed by atoms with Crippen molar-refractivity contribution in [3.63, 3.8) is 0 Å². The first-order valence-corrected chi connectivity index (χ1v) is 5.46. The molecule has 2 rings (SSSR count). The number of halogens is 2. The van der Waals surface area contributed by atoms with Crippen LogP contribution in [0.3, 0.4) is 0 Å². The van der Waals surface area contributed by atoms with Crippen LogP contribution in [0.2, 0.25) is 0 Å². The molecule has 0 saturated carbocycles. The van der Waals surface area contributed by atoms with Gasteiger partial charge in [-0.3, -0.25) is 4.79 Å². The number of benzene rings is 1. The molecule has 0 spiro atoms. The normalized spacial score (nSPS) is 19.3. The molecule has 0 radical (unpaired) electrons. The van der Waals surface area contributed by atoms with Gasteiger partial charge in [-0.25, -0.2) is 13.6 Å². The van der Waals surface area contributed by atoms with Crippen molar-refractivity contribution in [3.05, 3.63) is 35.4 Å². The van der Waals surface area contributed by atoms with E-state index in [1.165, 1.54) is 6.07 Å². The Labute approximate surface area is 102 Å². The summed E-state index contributed by atoms with van der Waals surface area (Å²) in [5.74, 6) is -3.11. The van der Waals surface area contributed by atoms with E-state index in [1.807, 2.05) is 0 Å². The Hall–Kier alpha value is -1.98. The van der Waals surface area contributed by atoms with Gasteiger partial charge in [0.25, 0.3) is 0 Å². The van der Waals surface area contributed by atoms with Gasteiger partial charge >= 0.3 is 5.97 Å². The first-order valence-electron chi connectivity index (χ1n) is 5.46. The summed E-state index contributed by atoms with van der Waals surface area (Å²) in [6, 6.07) is 2.37. The lowest BCUT2D eigenvalue weighted by atomic mass is 10.1. The highest BCUT2D eigenvalue weighted by Gasteiger charge is 2.36. The molecule has 4 nitrogen and oxygen atoms in total. The fourth-order valence-corrected chi connectivity index (χ4v) is 2.04. The summed E-state index contributed by atoms with van der Waals surface area (Å²) in [7, 11) is 0. The number of likely N-dealkylation sites (tertiary alicyclic amines) is 1. The maximum Gasteiger partial charge on any atom is 0.326 e. The van der Waals surface area contributed by atoms with Crippen LogP contribution in [0.5, 0.6) is 0 Å². The zero-order chi connectivity index (χ0) is 13.3. The van der Waals surface area contributed by atoms with Gasteiger partial charge in [0.15, 0.2) is 0 Å². The SMILES string of the molecule is O=C(O)C1CCC(=O)N1Cc1c(F)cccc1F. The molecule has 1 aliphatic heterocycles. The monoisotopic (exact) mass is 255 g/mol. The van der Waals surface area contributed by atoms with E-state index < -0.39 is 29.6 Å². The van der Waals surface area contributed by atoms with Gasteiger partial charge in [0.05, 0.1) is 6.54 Å². The van der Waals surface area contributed by atoms with Crippen molar-refractivity contribution in [2.45, 2.75) is 25.4 Å². The summed E-state index contributed by atoms with van der Waals surface area (Å²) in [4.78, 5) is 23.5. The van der Waals surface area contributed by atoms with Crippen LogP contribution in [0.25, 0.3) is 0 Å². The molecule has 1 aliphatic rings. The second-order valence-corrected chi connectivity index (χ2v) is 4.11. The summed E-state index contributed by atoms with van der Waals surface area (Å²) >= 11 is 0. The van der Waals surface area contributed by atoms with Gasteiger partial charge in [0.2, 0.25) is 5.91 Å². The van der Waals surface area contributed by atoms with E-state index >= 15 is 0 Å². The molecule has 1 aromatic rings. The Balaban J connectivity index is 2.27. The Morgan fingerprint density at radius 3 is 2.56 bits per heavy atom. The van der Waals surface area contributed by atoms with Crippen LogP contribution in [0.4, 0.5) is 8.78 Å². The summed E-state index contributed by atoms with van der Waals surface area (Å²) in [5, 5.41) is 8.94. The molecular weight excluding hydrogens is 244 g/mol. The highest BCUT2D eigenvalue weighted by atomic mass is 19.1. The van der Waals surface area contributed by atoms with E-state index in [1.54, 1.807) is 0 Å². The quantitative estimate of drug-likeness (QED) is 0.891. The number of rotatable bonds is 3. The lowest BCUT2D eigenvalue weighted by molar-refractivity contribution is -0.146. The number of carboxylic acids is 1. The molecule has 1 aromatic carbocycles. The van der Waals surface area contributed by atoms with Crippen LogP contribution >= 0.6 is 0 Å². The minimum Gasteiger partial charge on any atom is -0.480 e. The van der Waals surface area contributed by atoms with Gasteiger partial charge in [-0.05, 0) is 18.6 Å². The average molecular weight is 255 g/mol. The maximum absolute atomic E-state index is 13.4. The minimum atomic E-state index is -1.16. The van der Waals surface area contributed by atoms with Gasteiger partial charge < -0.3 is 10.0 Å². The first-order chi connectivity index (χ1) is 8.50. The fraction of sp³-hybridized carbons (Fsp3) is 0.333. The predicted octanol–water partition coefficient (Wildman–Crippen LogP) is 1.54. The molecule has 1 unspecified atom stereocenters. The molecule has 0 aromatic heterocycles. The van der Waals surface area contributed by atoms with Crippen LogP contribution in [0, 0.1) is 11.6 Å². The van der Waals surface area contributed by atoms with Crippen molar-refractivity contribution in [3.8, 4) is 0 Å². The molecule has 0 bridgehead atoms. The van der Waals surface area contributed by atoms with Crippen LogP contribution in [0.15, 0.2) is 18.2 Å². The Morgan fingerprint density at radius 1 is 1.39 bits per heavy atom. The lowest BCUT2D eigenvalue weighted by Crippen LogP contribution is -2.38. The van der Waals surface area contributed by atoms with E-state index in [4.69, 9.17) is 5.11 Å². The van der Waals surface area contributed by atoms with Crippen molar-refractivity contribution in [2.24, 2.45) is 0 Å². The average Bonchev–Trinajstić information content (AvgIpc) is 2.66. The van der Waals surface area contributed by atoms with Crippen LogP contribution in [-0.2, 0) is 16.1 Å². The third-order valence-electron chi connectivity index (χ3n) is 3.00. The Bertz CT molecular complexity index is 484. The number of carbonyl (C=O) groups is 2. The summed E-state index contributed by atoms with van der Waals surface area (Å²) < 4.78 is 26.9. The van der Waals surface area contributed by atoms with Crippen molar-refractivity contribution in [2.75, 3.05) is 0 Å². The second-order valence-electron chi connectivity index (χ2n) is 4.11. The van der Waals surface area contributed by atoms with E-state index in [0.29, 0.717) is 0 Å². The number of nitrogens with zero attached hydrogens (tertiary/aromatic N) is 1. The Kier molecular flexibility index (Phi) is 3.27. The molecule has 0 aliphatic carbocycles. The summed E-state index contributed by atoms with van der Waals surface area (Å²) in [6.07, 6.45) is 0.261. The van der Waals surface area contributed by atoms with Gasteiger partial charge in [-0.2, -0.15) is 0 Å². The van der Waals surface area contributed by atoms with Crippen LogP contribution in [0.1, 0.15) is 18.4 Å². The molecule has 96 valence electrons. The molecule has 1 N–H and O–H groups in total. The molecule has 18 heavy (non-hydrogen) atoms. The topological polar surface area (TPSA) is 57.6 Å². The van der Waals surface area contributed by atoms with Crippen molar-refractivity contribution < 1.29 is 23.5 Å². The van der Waals surface area contributed by atoms with Gasteiger partial charge in [0, 0.05) is 12.0 Å². The highest BCUT2D eigenvalue weighted by Crippen LogP contribution is 2.23. The molecule has 1 amide bonds. The zero-order valence-corrected chi connectivity index (χ0v) is 9.40. The molecule has 1 fully saturated rings. The maximum atomic E-state index is 13.4. The third kappa shape index (κ3) is 2.18. The lowest BCUT2D eigenvalue weighted by Gasteiger charge is -2.22. The summed E-state index contributed by atoms with van der Waals surface area (Å²) in [6.45, 7) is -0.353. The number of carboxylic acid groups (broad SMARTS) is 1. The summed E-state index contributed by atoms with van der Waals surface area (Å²) in [5.41, 5.74) is -0.279. The van der Waals surface area contributed by atoms with Crippen molar-refractivity contribution in [1.29, 1.82) is 0 Å². The predicted molar refractivity (Wildman–Crippen MR) is 57.6 cm³/mol. The number of hydrogen-bond donors (Lipinski definition) is 1. The van der Waals surface area contributed by atoms with Crippen molar-refractivity contribution in [1.82, 2.24) is 4.90 Å². The van der Waals surface area contributed by atoms with E-state index in [2.05, 4.69) is 0 Å². The van der Waals surface area contributed by atoms with Gasteiger partial charge in [-0.1, -0.05) is 6.07 Å². The number of carbonyl (C=O) groups excluding carboxylic acids is 1. The third-order valence-corrected chi connectivity index (χ3v) is 3.00. The number of hydrogen-bond acceptors (Lipinski definition) is 2. The molecule has 6 heteroatoms. The van der Waals surface area contributed by atoms with Crippen LogP contribution in [-0.4, -0.2) is 27.9 Å². The second kappa shape index (κ2) is 4.72. The first kappa shape index (κ1) is 12.5. The molecule has 1 heterocycles. The van der Waals surface area contributed by atoms with Crippen molar-refractivity contribution >= 4 is 11.9 Å². The Morgan fingerprint density at radius 2 is 2.00 bits per heavy atom.